The predicted molar refractivity (Wildman–Crippen MR) is 124 cm³/mol. The van der Waals surface area contributed by atoms with E-state index in [1.807, 2.05) is 37.4 Å². The molecule has 0 saturated heterocycles. The summed E-state index contributed by atoms with van der Waals surface area (Å²) in [6.45, 7) is 4.83. The number of anilines is 2. The van der Waals surface area contributed by atoms with Crippen molar-refractivity contribution in [2.24, 2.45) is 0 Å². The van der Waals surface area contributed by atoms with Crippen molar-refractivity contribution in [2.45, 2.75) is 26.0 Å². The van der Waals surface area contributed by atoms with E-state index in [9.17, 15) is 5.11 Å². The topological polar surface area (TPSA) is 92.9 Å². The maximum Gasteiger partial charge on any atom is 0.163 e. The third kappa shape index (κ3) is 4.61. The average Bonchev–Trinajstić information content (AvgIpc) is 3.20. The van der Waals surface area contributed by atoms with Crippen molar-refractivity contribution in [2.75, 3.05) is 32.6 Å². The number of aliphatic hydroxyl groups is 1. The highest BCUT2D eigenvalue weighted by atomic mass is 16.5. The molecule has 4 rings (SSSR count). The zero-order chi connectivity index (χ0) is 22.7. The first-order valence-electron chi connectivity index (χ1n) is 10.5. The van der Waals surface area contributed by atoms with Crippen LogP contribution in [0, 0.1) is 0 Å². The minimum atomic E-state index is -0.624. The molecule has 1 aromatic carbocycles. The van der Waals surface area contributed by atoms with E-state index in [1.54, 1.807) is 19.4 Å². The molecular formula is C24H28N4O4. The van der Waals surface area contributed by atoms with Crippen molar-refractivity contribution in [3.05, 3.63) is 49.0 Å². The summed E-state index contributed by atoms with van der Waals surface area (Å²) in [7, 11) is 3.56. The first kappa shape index (κ1) is 21.9. The van der Waals surface area contributed by atoms with E-state index in [0.717, 1.165) is 22.4 Å². The van der Waals surface area contributed by atoms with E-state index in [4.69, 9.17) is 13.9 Å². The highest BCUT2D eigenvalue weighted by molar-refractivity contribution is 5.94. The van der Waals surface area contributed by atoms with Crippen molar-refractivity contribution >= 4 is 22.4 Å². The molecule has 0 fully saturated rings. The largest absolute Gasteiger partial charge is 0.493 e. The van der Waals surface area contributed by atoms with Crippen LogP contribution < -0.4 is 14.8 Å². The van der Waals surface area contributed by atoms with E-state index in [1.165, 1.54) is 6.33 Å². The Morgan fingerprint density at radius 1 is 1.16 bits per heavy atom. The summed E-state index contributed by atoms with van der Waals surface area (Å²) in [4.78, 5) is 10.9. The summed E-state index contributed by atoms with van der Waals surface area (Å²) in [5.74, 6) is 2.51. The van der Waals surface area contributed by atoms with Gasteiger partial charge in [0.25, 0.3) is 0 Å². The maximum absolute atomic E-state index is 10.3. The first-order valence-corrected chi connectivity index (χ1v) is 10.5. The normalized spacial score (nSPS) is 12.6. The number of benzene rings is 1. The highest BCUT2D eigenvalue weighted by Crippen LogP contribution is 2.37. The number of rotatable bonds is 9. The number of hydrogen-bond donors (Lipinski definition) is 2. The molecule has 0 amide bonds. The molecule has 1 aromatic heterocycles. The third-order valence-corrected chi connectivity index (χ3v) is 5.48. The van der Waals surface area contributed by atoms with Gasteiger partial charge in [0, 0.05) is 29.6 Å². The lowest BCUT2D eigenvalue weighted by Crippen LogP contribution is -2.36. The van der Waals surface area contributed by atoms with Crippen molar-refractivity contribution in [3.63, 3.8) is 0 Å². The molecule has 0 bridgehead atoms. The van der Waals surface area contributed by atoms with Gasteiger partial charge >= 0.3 is 0 Å². The molecule has 2 heterocycles. The molecule has 8 heteroatoms. The maximum atomic E-state index is 10.3. The van der Waals surface area contributed by atoms with Gasteiger partial charge in [-0.1, -0.05) is 0 Å². The summed E-state index contributed by atoms with van der Waals surface area (Å²) in [6, 6.07) is 11.7. The number of hydrogen-bond acceptors (Lipinski definition) is 8. The van der Waals surface area contributed by atoms with Crippen LogP contribution in [-0.4, -0.2) is 59.4 Å². The number of aromatic nitrogens is 2. The Balaban J connectivity index is 1.57. The molecule has 2 aliphatic rings. The zero-order valence-corrected chi connectivity index (χ0v) is 18.7. The number of nitrogens with zero attached hydrogens (tertiary/aromatic N) is 3. The van der Waals surface area contributed by atoms with E-state index < -0.39 is 6.10 Å². The van der Waals surface area contributed by atoms with E-state index in [2.05, 4.69) is 34.0 Å². The average molecular weight is 437 g/mol. The second kappa shape index (κ2) is 9.42. The number of likely N-dealkylation sites (N-methyl/N-ethyl adjacent to an activating group) is 1. The zero-order valence-electron chi connectivity index (χ0n) is 18.7. The molecule has 1 atom stereocenters. The van der Waals surface area contributed by atoms with Crippen LogP contribution in [0.25, 0.3) is 22.2 Å². The van der Waals surface area contributed by atoms with Crippen molar-refractivity contribution in [1.82, 2.24) is 14.9 Å². The molecule has 0 spiro atoms. The van der Waals surface area contributed by atoms with Gasteiger partial charge in [0.1, 0.15) is 30.6 Å². The highest BCUT2D eigenvalue weighted by Gasteiger charge is 2.17. The summed E-state index contributed by atoms with van der Waals surface area (Å²) in [5.41, 5.74) is 2.56. The van der Waals surface area contributed by atoms with Crippen LogP contribution in [0.15, 0.2) is 53.4 Å². The number of methoxy groups -OCH3 is 1. The predicted octanol–water partition coefficient (Wildman–Crippen LogP) is 4.16. The van der Waals surface area contributed by atoms with Gasteiger partial charge < -0.3 is 29.2 Å². The van der Waals surface area contributed by atoms with Gasteiger partial charge in [-0.15, -0.1) is 0 Å². The lowest BCUT2D eigenvalue weighted by Gasteiger charge is -2.24. The van der Waals surface area contributed by atoms with Crippen LogP contribution in [0.2, 0.25) is 0 Å². The molecular weight excluding hydrogens is 408 g/mol. The van der Waals surface area contributed by atoms with Crippen LogP contribution in [0.5, 0.6) is 11.5 Å². The standard InChI is InChI=1S/C24H28N4O4/c1-15(2)28(3)12-16(29)13-32-23-11-20-18(10-22(23)30-4)24(26-14-25-20)27-19-7-8-21-17(19)6-5-9-31-21/h5-11,14-16,29H,12-13H2,1-4H3,(H,25,26,27). The summed E-state index contributed by atoms with van der Waals surface area (Å²) in [6.07, 6.45) is 2.53. The Kier molecular flexibility index (Phi) is 6.43. The number of aliphatic hydroxyl groups excluding tert-OH is 1. The fourth-order valence-electron chi connectivity index (χ4n) is 3.45. The number of nitrogens with one attached hydrogen (secondary N) is 1. The van der Waals surface area contributed by atoms with E-state index in [-0.39, 0.29) is 6.61 Å². The Hall–Kier alpha value is -3.36. The van der Waals surface area contributed by atoms with Crippen LogP contribution in [0.4, 0.5) is 11.5 Å². The monoisotopic (exact) mass is 436 g/mol. The minimum absolute atomic E-state index is 0.151. The van der Waals surface area contributed by atoms with Crippen LogP contribution in [-0.2, 0) is 0 Å². The molecule has 2 N–H and O–H groups in total. The van der Waals surface area contributed by atoms with Crippen molar-refractivity contribution < 1.29 is 19.0 Å². The Bertz CT molecular complexity index is 1160. The fourth-order valence-corrected chi connectivity index (χ4v) is 3.45. The molecule has 1 unspecified atom stereocenters. The van der Waals surface area contributed by atoms with Gasteiger partial charge in [0.15, 0.2) is 11.5 Å². The second-order valence-electron chi connectivity index (χ2n) is 8.00. The minimum Gasteiger partial charge on any atom is -0.493 e. The lowest BCUT2D eigenvalue weighted by molar-refractivity contribution is 0.0669. The van der Waals surface area contributed by atoms with Gasteiger partial charge in [0.2, 0.25) is 0 Å². The fraction of sp³-hybridized carbons (Fsp3) is 0.333. The lowest BCUT2D eigenvalue weighted by atomic mass is 10.2. The van der Waals surface area contributed by atoms with Crippen LogP contribution in [0.1, 0.15) is 13.8 Å². The van der Waals surface area contributed by atoms with Gasteiger partial charge in [-0.25, -0.2) is 9.97 Å². The van der Waals surface area contributed by atoms with Gasteiger partial charge in [-0.2, -0.15) is 0 Å². The Morgan fingerprint density at radius 3 is 2.78 bits per heavy atom. The summed E-state index contributed by atoms with van der Waals surface area (Å²) < 4.78 is 17.0. The van der Waals surface area contributed by atoms with E-state index in [0.29, 0.717) is 35.4 Å². The van der Waals surface area contributed by atoms with Gasteiger partial charge in [-0.05, 0) is 51.2 Å². The molecule has 1 aliphatic heterocycles. The number of ether oxygens (including phenoxy) is 2. The van der Waals surface area contributed by atoms with Crippen LogP contribution in [0.3, 0.4) is 0 Å². The van der Waals surface area contributed by atoms with Crippen LogP contribution >= 0.6 is 0 Å². The van der Waals surface area contributed by atoms with Crippen molar-refractivity contribution in [1.29, 1.82) is 0 Å². The second-order valence-corrected chi connectivity index (χ2v) is 8.00. The third-order valence-electron chi connectivity index (χ3n) is 5.48. The Labute approximate surface area is 187 Å². The first-order chi connectivity index (χ1) is 15.5. The molecule has 8 nitrogen and oxygen atoms in total. The number of fused-ring (bicyclic) bond motifs is 2. The van der Waals surface area contributed by atoms with Gasteiger partial charge in [-0.3, -0.25) is 0 Å². The molecule has 32 heavy (non-hydrogen) atoms. The molecule has 0 saturated carbocycles. The summed E-state index contributed by atoms with van der Waals surface area (Å²) >= 11 is 0. The molecule has 1 aliphatic carbocycles. The molecule has 168 valence electrons. The smallest absolute Gasteiger partial charge is 0.163 e. The SMILES string of the molecule is COc1cc2c(Nc3ccc4occcc3-4)ncnc2cc1OCC(O)CN(C)C(C)C. The Morgan fingerprint density at radius 2 is 2.00 bits per heavy atom. The van der Waals surface area contributed by atoms with Gasteiger partial charge in [0.05, 0.1) is 24.6 Å². The summed E-state index contributed by atoms with van der Waals surface area (Å²) in [5, 5.41) is 14.5. The quantitative estimate of drug-likeness (QED) is 0.404. The van der Waals surface area contributed by atoms with E-state index >= 15 is 0 Å². The molecule has 2 aromatic rings. The molecule has 0 radical (unpaired) electrons. The van der Waals surface area contributed by atoms with Crippen molar-refractivity contribution in [3.8, 4) is 22.8 Å².